The summed E-state index contributed by atoms with van der Waals surface area (Å²) in [7, 11) is 0. The lowest BCUT2D eigenvalue weighted by molar-refractivity contribution is 0.102. The van der Waals surface area contributed by atoms with Crippen molar-refractivity contribution in [2.24, 2.45) is 0 Å². The van der Waals surface area contributed by atoms with E-state index in [0.29, 0.717) is 36.9 Å². The number of hydrogen-bond acceptors (Lipinski definition) is 5. The lowest BCUT2D eigenvalue weighted by atomic mass is 10.2. The third-order valence-electron chi connectivity index (χ3n) is 4.75. The molecule has 0 saturated heterocycles. The Hall–Kier alpha value is -4.13. The molecule has 7 heteroatoms. The van der Waals surface area contributed by atoms with Crippen LogP contribution in [0.25, 0.3) is 0 Å². The Morgan fingerprint density at radius 2 is 1.62 bits per heavy atom. The number of amides is 1. The van der Waals surface area contributed by atoms with Crippen LogP contribution < -0.4 is 14.8 Å². The van der Waals surface area contributed by atoms with Crippen LogP contribution in [0.15, 0.2) is 91.4 Å². The van der Waals surface area contributed by atoms with Crippen molar-refractivity contribution < 1.29 is 14.3 Å². The van der Waals surface area contributed by atoms with Gasteiger partial charge in [0.05, 0.1) is 5.56 Å². The number of ether oxygens (including phenoxy) is 2. The van der Waals surface area contributed by atoms with Gasteiger partial charge < -0.3 is 14.8 Å². The summed E-state index contributed by atoms with van der Waals surface area (Å²) in [5.74, 6) is 1.50. The molecule has 2 heterocycles. The molecule has 0 unspecified atom stereocenters. The Balaban J connectivity index is 1.30. The van der Waals surface area contributed by atoms with Gasteiger partial charge in [0.1, 0.15) is 24.7 Å². The second-order valence-electron chi connectivity index (χ2n) is 7.03. The minimum Gasteiger partial charge on any atom is -0.490 e. The molecular formula is C25H24N4O3. The van der Waals surface area contributed by atoms with Crippen molar-refractivity contribution in [3.05, 3.63) is 103 Å². The SMILES string of the molecule is O=C(Nc1ccn(CCc2ccncc2)n1)c1ccccc1OCCOc1ccccc1. The molecule has 4 rings (SSSR count). The van der Waals surface area contributed by atoms with Crippen molar-refractivity contribution in [3.8, 4) is 11.5 Å². The summed E-state index contributed by atoms with van der Waals surface area (Å²) in [6, 6.07) is 22.4. The van der Waals surface area contributed by atoms with Gasteiger partial charge in [-0.1, -0.05) is 30.3 Å². The quantitative estimate of drug-likeness (QED) is 0.383. The molecular weight excluding hydrogens is 404 g/mol. The zero-order chi connectivity index (χ0) is 22.0. The average molecular weight is 428 g/mol. The van der Waals surface area contributed by atoms with Gasteiger partial charge in [0.25, 0.3) is 5.91 Å². The van der Waals surface area contributed by atoms with Gasteiger partial charge >= 0.3 is 0 Å². The van der Waals surface area contributed by atoms with Crippen molar-refractivity contribution in [2.45, 2.75) is 13.0 Å². The number of hydrogen-bond donors (Lipinski definition) is 1. The van der Waals surface area contributed by atoms with Crippen molar-refractivity contribution in [1.29, 1.82) is 0 Å². The van der Waals surface area contributed by atoms with Crippen LogP contribution in [0.5, 0.6) is 11.5 Å². The Morgan fingerprint density at radius 3 is 2.47 bits per heavy atom. The van der Waals surface area contributed by atoms with Gasteiger partial charge in [-0.25, -0.2) is 0 Å². The molecule has 0 bridgehead atoms. The maximum Gasteiger partial charge on any atom is 0.260 e. The lowest BCUT2D eigenvalue weighted by Crippen LogP contribution is -2.16. The molecule has 2 aromatic carbocycles. The normalized spacial score (nSPS) is 10.5. The Bertz CT molecular complexity index is 1130. The fraction of sp³-hybridized carbons (Fsp3) is 0.160. The number of aromatic nitrogens is 3. The smallest absolute Gasteiger partial charge is 0.260 e. The van der Waals surface area contributed by atoms with E-state index >= 15 is 0 Å². The topological polar surface area (TPSA) is 78.3 Å². The van der Waals surface area contributed by atoms with Gasteiger partial charge in [-0.2, -0.15) is 5.10 Å². The molecule has 32 heavy (non-hydrogen) atoms. The van der Waals surface area contributed by atoms with Crippen LogP contribution in [0.4, 0.5) is 5.82 Å². The number of benzene rings is 2. The van der Waals surface area contributed by atoms with Crippen LogP contribution in [0.1, 0.15) is 15.9 Å². The second kappa shape index (κ2) is 10.8. The highest BCUT2D eigenvalue weighted by molar-refractivity contribution is 6.05. The van der Waals surface area contributed by atoms with Crippen molar-refractivity contribution >= 4 is 11.7 Å². The standard InChI is InChI=1S/C25H24N4O3/c30-25(27-24-13-17-29(28-24)16-12-20-10-14-26-15-11-20)22-8-4-5-9-23(22)32-19-18-31-21-6-2-1-3-7-21/h1-11,13-15,17H,12,16,18-19H2,(H,27,28,30). The molecule has 0 atom stereocenters. The molecule has 2 aromatic heterocycles. The van der Waals surface area contributed by atoms with Crippen molar-refractivity contribution in [2.75, 3.05) is 18.5 Å². The highest BCUT2D eigenvalue weighted by Gasteiger charge is 2.13. The van der Waals surface area contributed by atoms with E-state index in [1.165, 1.54) is 5.56 Å². The molecule has 0 aliphatic heterocycles. The number of nitrogens with zero attached hydrogens (tertiary/aromatic N) is 3. The molecule has 1 N–H and O–H groups in total. The number of anilines is 1. The Morgan fingerprint density at radius 1 is 0.875 bits per heavy atom. The van der Waals surface area contributed by atoms with Crippen LogP contribution in [0.3, 0.4) is 0 Å². The maximum atomic E-state index is 12.8. The first-order chi connectivity index (χ1) is 15.8. The van der Waals surface area contributed by atoms with Gasteiger partial charge in [-0.15, -0.1) is 0 Å². The van der Waals surface area contributed by atoms with E-state index in [1.807, 2.05) is 54.7 Å². The first-order valence-corrected chi connectivity index (χ1v) is 10.4. The van der Waals surface area contributed by atoms with E-state index in [1.54, 1.807) is 41.3 Å². The number of aryl methyl sites for hydroxylation is 2. The number of pyridine rings is 1. The summed E-state index contributed by atoms with van der Waals surface area (Å²) in [5.41, 5.74) is 1.63. The van der Waals surface area contributed by atoms with Gasteiger partial charge in [0.2, 0.25) is 0 Å². The van der Waals surface area contributed by atoms with Crippen molar-refractivity contribution in [1.82, 2.24) is 14.8 Å². The molecule has 0 saturated carbocycles. The summed E-state index contributed by atoms with van der Waals surface area (Å²) < 4.78 is 13.2. The van der Waals surface area contributed by atoms with E-state index in [2.05, 4.69) is 15.4 Å². The maximum absolute atomic E-state index is 12.8. The molecule has 0 aliphatic rings. The highest BCUT2D eigenvalue weighted by atomic mass is 16.5. The minimum atomic E-state index is -0.274. The van der Waals surface area contributed by atoms with Crippen LogP contribution in [-0.2, 0) is 13.0 Å². The lowest BCUT2D eigenvalue weighted by Gasteiger charge is -2.12. The van der Waals surface area contributed by atoms with Crippen molar-refractivity contribution in [3.63, 3.8) is 0 Å². The second-order valence-corrected chi connectivity index (χ2v) is 7.03. The van der Waals surface area contributed by atoms with E-state index < -0.39 is 0 Å². The Kier molecular flexibility index (Phi) is 7.10. The molecule has 1 amide bonds. The summed E-state index contributed by atoms with van der Waals surface area (Å²) in [4.78, 5) is 16.8. The van der Waals surface area contributed by atoms with E-state index in [0.717, 1.165) is 12.2 Å². The van der Waals surface area contributed by atoms with Gasteiger partial charge in [-0.05, 0) is 48.4 Å². The van der Waals surface area contributed by atoms with Gasteiger partial charge in [0.15, 0.2) is 5.82 Å². The van der Waals surface area contributed by atoms with E-state index in [4.69, 9.17) is 9.47 Å². The summed E-state index contributed by atoms with van der Waals surface area (Å²) in [6.07, 6.45) is 6.23. The molecule has 0 radical (unpaired) electrons. The van der Waals surface area contributed by atoms with E-state index in [9.17, 15) is 4.79 Å². The van der Waals surface area contributed by atoms with E-state index in [-0.39, 0.29) is 5.91 Å². The van der Waals surface area contributed by atoms with Crippen LogP contribution in [-0.4, -0.2) is 33.9 Å². The number of para-hydroxylation sites is 2. The highest BCUT2D eigenvalue weighted by Crippen LogP contribution is 2.19. The third-order valence-corrected chi connectivity index (χ3v) is 4.75. The first-order valence-electron chi connectivity index (χ1n) is 10.4. The van der Waals surface area contributed by atoms with Gasteiger partial charge in [0, 0.05) is 31.2 Å². The molecule has 4 aromatic rings. The monoisotopic (exact) mass is 428 g/mol. The molecule has 162 valence electrons. The van der Waals surface area contributed by atoms with Crippen LogP contribution >= 0.6 is 0 Å². The van der Waals surface area contributed by atoms with Crippen LogP contribution in [0, 0.1) is 0 Å². The first kappa shape index (κ1) is 21.1. The van der Waals surface area contributed by atoms with Gasteiger partial charge in [-0.3, -0.25) is 14.5 Å². The summed E-state index contributed by atoms with van der Waals surface area (Å²) in [6.45, 7) is 1.41. The molecule has 7 nitrogen and oxygen atoms in total. The largest absolute Gasteiger partial charge is 0.490 e. The number of rotatable bonds is 10. The molecule has 0 spiro atoms. The average Bonchev–Trinajstić information content (AvgIpc) is 3.29. The zero-order valence-corrected chi connectivity index (χ0v) is 17.6. The fourth-order valence-electron chi connectivity index (χ4n) is 3.14. The predicted molar refractivity (Wildman–Crippen MR) is 122 cm³/mol. The minimum absolute atomic E-state index is 0.274. The summed E-state index contributed by atoms with van der Waals surface area (Å²) >= 11 is 0. The number of carbonyl (C=O) groups is 1. The van der Waals surface area contributed by atoms with Crippen LogP contribution in [0.2, 0.25) is 0 Å². The Labute approximate surface area is 186 Å². The zero-order valence-electron chi connectivity index (χ0n) is 17.6. The molecule has 0 fully saturated rings. The predicted octanol–water partition coefficient (Wildman–Crippen LogP) is 4.23. The summed E-state index contributed by atoms with van der Waals surface area (Å²) in [5, 5.41) is 7.28. The third kappa shape index (κ3) is 5.95. The number of carbonyl (C=O) groups excluding carboxylic acids is 1. The molecule has 0 aliphatic carbocycles. The number of nitrogens with one attached hydrogen (secondary N) is 1. The fourth-order valence-corrected chi connectivity index (χ4v) is 3.14.